The number of piperazine rings is 1. The zero-order chi connectivity index (χ0) is 33.8. The van der Waals surface area contributed by atoms with Crippen molar-refractivity contribution in [3.63, 3.8) is 0 Å². The summed E-state index contributed by atoms with van der Waals surface area (Å²) in [7, 11) is 1.96. The Balaban J connectivity index is 1.45. The number of benzene rings is 1. The number of aryl methyl sites for hydroxylation is 1. The summed E-state index contributed by atoms with van der Waals surface area (Å²) in [5.41, 5.74) is 2.68. The summed E-state index contributed by atoms with van der Waals surface area (Å²) in [6.45, 7) is 4.56. The van der Waals surface area contributed by atoms with Crippen molar-refractivity contribution in [2.45, 2.75) is 44.9 Å². The van der Waals surface area contributed by atoms with E-state index in [2.05, 4.69) is 24.8 Å². The lowest BCUT2D eigenvalue weighted by Gasteiger charge is -2.40. The molecule has 2 atom stereocenters. The number of carbonyl (C=O) groups is 1. The molecule has 11 nitrogen and oxygen atoms in total. The third-order valence-electron chi connectivity index (χ3n) is 8.65. The van der Waals surface area contributed by atoms with Gasteiger partial charge in [-0.05, 0) is 58.0 Å². The lowest BCUT2D eigenvalue weighted by molar-refractivity contribution is -0.137. The highest BCUT2D eigenvalue weighted by atomic mass is 35.5. The van der Waals surface area contributed by atoms with Gasteiger partial charge in [0, 0.05) is 49.5 Å². The van der Waals surface area contributed by atoms with Gasteiger partial charge >= 0.3 is 18.2 Å². The Hall–Kier alpha value is -4.31. The molecule has 17 heteroatoms. The molecular weight excluding hydrogens is 649 g/mol. The average Bonchev–Trinajstić information content (AvgIpc) is 3.61. The Kier molecular flexibility index (Phi) is 8.59. The van der Waals surface area contributed by atoms with Gasteiger partial charge in [-0.15, -0.1) is 0 Å². The molecule has 5 heterocycles. The quantitative estimate of drug-likeness (QED) is 0.278. The summed E-state index contributed by atoms with van der Waals surface area (Å²) < 4.78 is 80.2. The topological polar surface area (TPSA) is 119 Å². The molecule has 0 spiro atoms. The van der Waals surface area contributed by atoms with Crippen molar-refractivity contribution in [1.82, 2.24) is 34.3 Å². The Morgan fingerprint density at radius 1 is 1.15 bits per heavy atom. The van der Waals surface area contributed by atoms with Crippen LogP contribution in [0, 0.1) is 18.8 Å². The van der Waals surface area contributed by atoms with Crippen LogP contribution in [0.25, 0.3) is 22.2 Å². The molecule has 0 aliphatic carbocycles. The number of pyridine rings is 1. The number of likely N-dealkylation sites (N-methyl/N-ethyl adjacent to an activating group) is 1. The number of alkyl halides is 3. The monoisotopic (exact) mass is 679 g/mol. The molecular formula is C30H31ClF5N9O2. The number of ether oxygens (including phenoxy) is 1. The smallest absolute Gasteiger partial charge is 0.418 e. The molecule has 2 saturated heterocycles. The van der Waals surface area contributed by atoms with E-state index in [-0.39, 0.29) is 71.4 Å². The lowest BCUT2D eigenvalue weighted by atomic mass is 9.99. The highest BCUT2D eigenvalue weighted by Crippen LogP contribution is 2.44. The van der Waals surface area contributed by atoms with E-state index < -0.39 is 47.0 Å². The van der Waals surface area contributed by atoms with Crippen LogP contribution in [0.2, 0.25) is 5.02 Å². The number of nitrogens with two attached hydrogens (primary N) is 1. The van der Waals surface area contributed by atoms with Crippen molar-refractivity contribution in [2.24, 2.45) is 0 Å². The van der Waals surface area contributed by atoms with E-state index in [9.17, 15) is 22.4 Å². The predicted octanol–water partition coefficient (Wildman–Crippen LogP) is 5.38. The first kappa shape index (κ1) is 32.6. The largest absolute Gasteiger partial charge is 0.462 e. The number of nitrogens with zero attached hydrogens (tertiary/aromatic N) is 8. The Labute approximate surface area is 271 Å². The number of aromatic nitrogens is 5. The van der Waals surface area contributed by atoms with Crippen molar-refractivity contribution in [2.75, 3.05) is 50.5 Å². The molecule has 2 aliphatic rings. The van der Waals surface area contributed by atoms with Gasteiger partial charge in [0.1, 0.15) is 23.8 Å². The van der Waals surface area contributed by atoms with Gasteiger partial charge in [-0.1, -0.05) is 11.6 Å². The number of anilines is 2. The zero-order valence-corrected chi connectivity index (χ0v) is 26.4. The van der Waals surface area contributed by atoms with E-state index in [1.807, 2.05) is 7.05 Å². The van der Waals surface area contributed by atoms with Crippen LogP contribution >= 0.6 is 11.6 Å². The molecule has 0 unspecified atom stereocenters. The number of nitrogen functional groups attached to an aromatic ring is 1. The molecule has 1 amide bonds. The van der Waals surface area contributed by atoms with Gasteiger partial charge in [0.15, 0.2) is 5.82 Å². The number of amides is 1. The third kappa shape index (κ3) is 6.11. The van der Waals surface area contributed by atoms with Crippen molar-refractivity contribution in [1.29, 1.82) is 0 Å². The first-order valence-electron chi connectivity index (χ1n) is 14.9. The molecule has 2 aliphatic heterocycles. The third-order valence-corrected chi connectivity index (χ3v) is 8.95. The SMILES string of the molecule is Cc1cc(N)nc(-c2c(Cl)cc3c(N4CCN(C(=O)n5ccnc5F)C[C@@H]4C)nc(OC[C@@H]4CCCN4C)nc3c2F)c1C(F)(F)F. The van der Waals surface area contributed by atoms with Crippen LogP contribution in [-0.4, -0.2) is 92.3 Å². The van der Waals surface area contributed by atoms with E-state index in [0.717, 1.165) is 30.0 Å². The molecule has 0 bridgehead atoms. The molecule has 0 saturated carbocycles. The van der Waals surface area contributed by atoms with Crippen LogP contribution in [-0.2, 0) is 6.18 Å². The van der Waals surface area contributed by atoms with E-state index in [1.54, 1.807) is 11.8 Å². The second-order valence-corrected chi connectivity index (χ2v) is 12.2. The second kappa shape index (κ2) is 12.4. The number of imidazole rings is 1. The van der Waals surface area contributed by atoms with Crippen LogP contribution in [0.1, 0.15) is 30.9 Å². The van der Waals surface area contributed by atoms with Gasteiger partial charge in [-0.25, -0.2) is 23.7 Å². The fourth-order valence-electron chi connectivity index (χ4n) is 6.28. The lowest BCUT2D eigenvalue weighted by Crippen LogP contribution is -2.55. The molecule has 250 valence electrons. The summed E-state index contributed by atoms with van der Waals surface area (Å²) in [5.74, 6) is -1.19. The minimum atomic E-state index is -4.89. The van der Waals surface area contributed by atoms with Crippen LogP contribution in [0.3, 0.4) is 0 Å². The highest BCUT2D eigenvalue weighted by molar-refractivity contribution is 6.34. The van der Waals surface area contributed by atoms with Crippen molar-refractivity contribution < 1.29 is 31.5 Å². The molecule has 2 fully saturated rings. The van der Waals surface area contributed by atoms with E-state index in [1.165, 1.54) is 30.3 Å². The first-order chi connectivity index (χ1) is 22.2. The zero-order valence-electron chi connectivity index (χ0n) is 25.7. The number of rotatable bonds is 5. The van der Waals surface area contributed by atoms with Crippen LogP contribution < -0.4 is 15.4 Å². The maximum Gasteiger partial charge on any atom is 0.418 e. The average molecular weight is 680 g/mol. The van der Waals surface area contributed by atoms with Gasteiger partial charge in [-0.2, -0.15) is 27.5 Å². The van der Waals surface area contributed by atoms with E-state index >= 15 is 4.39 Å². The molecule has 6 rings (SSSR count). The van der Waals surface area contributed by atoms with Gasteiger partial charge in [0.05, 0.1) is 21.8 Å². The minimum Gasteiger partial charge on any atom is -0.462 e. The number of carbonyl (C=O) groups excluding carboxylic acids is 1. The normalized spacial score (nSPS) is 19.2. The maximum atomic E-state index is 16.6. The van der Waals surface area contributed by atoms with E-state index in [4.69, 9.17) is 22.1 Å². The van der Waals surface area contributed by atoms with E-state index in [0.29, 0.717) is 0 Å². The number of likely N-dealkylation sites (tertiary alicyclic amines) is 1. The van der Waals surface area contributed by atoms with Gasteiger partial charge < -0.3 is 25.2 Å². The van der Waals surface area contributed by atoms with Crippen LogP contribution in [0.5, 0.6) is 6.01 Å². The standard InChI is InChI=1S/C30H31ClF5N9O2/c1-15-11-20(37)39-25(22(15)30(34,35)36)21-19(31)12-18-24(23(21)32)40-28(47-14-17-5-4-7-42(17)3)41-26(18)44-10-9-43(13-16(44)2)29(46)45-8-6-38-27(45)33/h6,8,11-12,16-17H,4-5,7,9-10,13-14H2,1-3H3,(H2,37,39)/t16-,17-/m0/s1. The highest BCUT2D eigenvalue weighted by Gasteiger charge is 2.39. The molecule has 47 heavy (non-hydrogen) atoms. The molecule has 3 aromatic heterocycles. The van der Waals surface area contributed by atoms with Crippen LogP contribution in [0.15, 0.2) is 24.5 Å². The predicted molar refractivity (Wildman–Crippen MR) is 164 cm³/mol. The Bertz CT molecular complexity index is 1850. The number of hydrogen-bond acceptors (Lipinski definition) is 9. The summed E-state index contributed by atoms with van der Waals surface area (Å²) in [6.07, 6.45) is -1.59. The molecule has 4 aromatic rings. The summed E-state index contributed by atoms with van der Waals surface area (Å²) >= 11 is 6.56. The maximum absolute atomic E-state index is 16.6. The van der Waals surface area contributed by atoms with Crippen LogP contribution in [0.4, 0.5) is 38.4 Å². The Morgan fingerprint density at radius 2 is 1.91 bits per heavy atom. The van der Waals surface area contributed by atoms with Crippen molar-refractivity contribution in [3.05, 3.63) is 52.6 Å². The minimum absolute atomic E-state index is 0.0641. The van der Waals surface area contributed by atoms with Crippen molar-refractivity contribution in [3.8, 4) is 17.3 Å². The first-order valence-corrected chi connectivity index (χ1v) is 15.2. The second-order valence-electron chi connectivity index (χ2n) is 11.8. The molecule has 2 N–H and O–H groups in total. The Morgan fingerprint density at radius 3 is 2.55 bits per heavy atom. The summed E-state index contributed by atoms with van der Waals surface area (Å²) in [5, 5.41) is -0.246. The summed E-state index contributed by atoms with van der Waals surface area (Å²) in [6, 6.07) is 1.20. The molecule has 1 aromatic carbocycles. The number of halogens is 6. The van der Waals surface area contributed by atoms with Crippen molar-refractivity contribution >= 4 is 40.2 Å². The van der Waals surface area contributed by atoms with Gasteiger partial charge in [-0.3, -0.25) is 0 Å². The van der Waals surface area contributed by atoms with Gasteiger partial charge in [0.25, 0.3) is 6.08 Å². The number of fused-ring (bicyclic) bond motifs is 1. The fraction of sp³-hybridized carbons (Fsp3) is 0.433. The van der Waals surface area contributed by atoms with Gasteiger partial charge in [0.2, 0.25) is 0 Å². The molecule has 0 radical (unpaired) electrons. The summed E-state index contributed by atoms with van der Waals surface area (Å²) in [4.78, 5) is 34.6. The number of hydrogen-bond donors (Lipinski definition) is 1. The fourth-order valence-corrected chi connectivity index (χ4v) is 6.57.